The molecule has 1 nitrogen and oxygen atoms in total. The van der Waals surface area contributed by atoms with Crippen LogP contribution in [0.4, 0.5) is 0 Å². The van der Waals surface area contributed by atoms with Crippen molar-refractivity contribution in [3.63, 3.8) is 0 Å². The lowest BCUT2D eigenvalue weighted by Crippen LogP contribution is -2.12. The van der Waals surface area contributed by atoms with E-state index >= 15 is 0 Å². The lowest BCUT2D eigenvalue weighted by Gasteiger charge is -2.14. The fourth-order valence-corrected chi connectivity index (χ4v) is 3.16. The van der Waals surface area contributed by atoms with Crippen molar-refractivity contribution in [2.75, 3.05) is 0 Å². The van der Waals surface area contributed by atoms with E-state index in [-0.39, 0.29) is 6.04 Å². The highest BCUT2D eigenvalue weighted by molar-refractivity contribution is 5.40. The number of benzene rings is 2. The van der Waals surface area contributed by atoms with Crippen molar-refractivity contribution in [3.8, 4) is 0 Å². The van der Waals surface area contributed by atoms with Crippen LogP contribution in [0.5, 0.6) is 0 Å². The molecule has 0 radical (unpaired) electrons. The summed E-state index contributed by atoms with van der Waals surface area (Å²) in [5.41, 5.74) is 13.3. The second kappa shape index (κ2) is 5.80. The maximum atomic E-state index is 6.43. The molecule has 0 saturated carbocycles. The van der Waals surface area contributed by atoms with Gasteiger partial charge in [-0.25, -0.2) is 0 Å². The molecule has 2 aromatic rings. The molecular formula is C19H23N. The van der Waals surface area contributed by atoms with Crippen LogP contribution in [0.2, 0.25) is 0 Å². The van der Waals surface area contributed by atoms with E-state index in [1.807, 2.05) is 0 Å². The highest BCUT2D eigenvalue weighted by Gasteiger charge is 2.14. The SMILES string of the molecule is CCCc1ccc(C(N)c2ccc3c(c2)CCC3)cc1. The summed E-state index contributed by atoms with van der Waals surface area (Å²) in [7, 11) is 0. The molecule has 1 aliphatic carbocycles. The van der Waals surface area contributed by atoms with Gasteiger partial charge < -0.3 is 5.73 Å². The van der Waals surface area contributed by atoms with Crippen molar-refractivity contribution in [2.24, 2.45) is 5.73 Å². The van der Waals surface area contributed by atoms with E-state index in [2.05, 4.69) is 49.4 Å². The molecule has 2 aromatic carbocycles. The van der Waals surface area contributed by atoms with Gasteiger partial charge in [0.15, 0.2) is 0 Å². The van der Waals surface area contributed by atoms with Crippen molar-refractivity contribution in [2.45, 2.75) is 45.1 Å². The summed E-state index contributed by atoms with van der Waals surface area (Å²) in [5, 5.41) is 0. The van der Waals surface area contributed by atoms with Gasteiger partial charge in [-0.3, -0.25) is 0 Å². The van der Waals surface area contributed by atoms with Gasteiger partial charge in [0.25, 0.3) is 0 Å². The molecule has 0 aliphatic heterocycles. The molecule has 3 rings (SSSR count). The standard InChI is InChI=1S/C19H23N/c1-2-4-14-7-9-16(10-8-14)19(20)18-12-11-15-5-3-6-17(15)13-18/h7-13,19H,2-6,20H2,1H3. The first-order chi connectivity index (χ1) is 9.78. The molecule has 0 aromatic heterocycles. The van der Waals surface area contributed by atoms with Gasteiger partial charge in [0.05, 0.1) is 6.04 Å². The summed E-state index contributed by atoms with van der Waals surface area (Å²) >= 11 is 0. The predicted molar refractivity (Wildman–Crippen MR) is 84.9 cm³/mol. The zero-order chi connectivity index (χ0) is 13.9. The van der Waals surface area contributed by atoms with Gasteiger partial charge in [0.2, 0.25) is 0 Å². The summed E-state index contributed by atoms with van der Waals surface area (Å²) in [6, 6.07) is 15.6. The minimum Gasteiger partial charge on any atom is -0.320 e. The third kappa shape index (κ3) is 2.64. The van der Waals surface area contributed by atoms with Gasteiger partial charge in [0, 0.05) is 0 Å². The topological polar surface area (TPSA) is 26.0 Å². The van der Waals surface area contributed by atoms with Gasteiger partial charge in [0.1, 0.15) is 0 Å². The molecule has 104 valence electrons. The Morgan fingerprint density at radius 2 is 1.65 bits per heavy atom. The number of hydrogen-bond donors (Lipinski definition) is 1. The van der Waals surface area contributed by atoms with Gasteiger partial charge >= 0.3 is 0 Å². The summed E-state index contributed by atoms with van der Waals surface area (Å²) in [6.07, 6.45) is 6.08. The molecule has 1 atom stereocenters. The highest BCUT2D eigenvalue weighted by atomic mass is 14.6. The van der Waals surface area contributed by atoms with Gasteiger partial charge in [-0.1, -0.05) is 55.8 Å². The second-order valence-electron chi connectivity index (χ2n) is 5.85. The van der Waals surface area contributed by atoms with Gasteiger partial charge in [-0.2, -0.15) is 0 Å². The lowest BCUT2D eigenvalue weighted by molar-refractivity contribution is 0.861. The number of hydrogen-bond acceptors (Lipinski definition) is 1. The van der Waals surface area contributed by atoms with Gasteiger partial charge in [-0.05, 0) is 53.5 Å². The zero-order valence-electron chi connectivity index (χ0n) is 12.2. The minimum absolute atomic E-state index is 0.00317. The Bertz CT molecular complexity index is 583. The molecule has 0 saturated heterocycles. The van der Waals surface area contributed by atoms with Crippen molar-refractivity contribution < 1.29 is 0 Å². The number of fused-ring (bicyclic) bond motifs is 1. The van der Waals surface area contributed by atoms with E-state index in [1.54, 1.807) is 0 Å². The van der Waals surface area contributed by atoms with Crippen LogP contribution in [0.3, 0.4) is 0 Å². The molecule has 1 heteroatoms. The zero-order valence-corrected chi connectivity index (χ0v) is 12.2. The summed E-state index contributed by atoms with van der Waals surface area (Å²) < 4.78 is 0. The molecule has 0 spiro atoms. The highest BCUT2D eigenvalue weighted by Crippen LogP contribution is 2.27. The van der Waals surface area contributed by atoms with Crippen LogP contribution >= 0.6 is 0 Å². The largest absolute Gasteiger partial charge is 0.320 e. The molecule has 0 amide bonds. The fourth-order valence-electron chi connectivity index (χ4n) is 3.16. The molecule has 0 heterocycles. The lowest BCUT2D eigenvalue weighted by atomic mass is 9.95. The maximum Gasteiger partial charge on any atom is 0.0551 e. The van der Waals surface area contributed by atoms with E-state index in [4.69, 9.17) is 5.73 Å². The quantitative estimate of drug-likeness (QED) is 0.882. The average molecular weight is 265 g/mol. The molecule has 20 heavy (non-hydrogen) atoms. The van der Waals surface area contributed by atoms with E-state index in [1.165, 1.54) is 53.5 Å². The third-order valence-electron chi connectivity index (χ3n) is 4.36. The van der Waals surface area contributed by atoms with Crippen LogP contribution in [0.1, 0.15) is 53.6 Å². The Morgan fingerprint density at radius 3 is 2.40 bits per heavy atom. The average Bonchev–Trinajstić information content (AvgIpc) is 2.95. The molecule has 1 aliphatic rings. The van der Waals surface area contributed by atoms with Crippen molar-refractivity contribution >= 4 is 0 Å². The van der Waals surface area contributed by atoms with Crippen LogP contribution in [-0.4, -0.2) is 0 Å². The van der Waals surface area contributed by atoms with Crippen LogP contribution in [0.15, 0.2) is 42.5 Å². The Hall–Kier alpha value is -1.60. The van der Waals surface area contributed by atoms with E-state index in [9.17, 15) is 0 Å². The van der Waals surface area contributed by atoms with E-state index < -0.39 is 0 Å². The number of rotatable bonds is 4. The monoisotopic (exact) mass is 265 g/mol. The molecule has 2 N–H and O–H groups in total. The Balaban J connectivity index is 1.82. The van der Waals surface area contributed by atoms with Gasteiger partial charge in [-0.15, -0.1) is 0 Å². The van der Waals surface area contributed by atoms with Crippen LogP contribution in [0.25, 0.3) is 0 Å². The summed E-state index contributed by atoms with van der Waals surface area (Å²) in [4.78, 5) is 0. The van der Waals surface area contributed by atoms with E-state index in [0.29, 0.717) is 0 Å². The second-order valence-corrected chi connectivity index (χ2v) is 5.85. The van der Waals surface area contributed by atoms with Crippen molar-refractivity contribution in [3.05, 3.63) is 70.3 Å². The predicted octanol–water partition coefficient (Wildman–Crippen LogP) is 4.18. The third-order valence-corrected chi connectivity index (χ3v) is 4.36. The molecule has 0 bridgehead atoms. The Morgan fingerprint density at radius 1 is 0.950 bits per heavy atom. The van der Waals surface area contributed by atoms with Crippen LogP contribution in [-0.2, 0) is 19.3 Å². The number of nitrogens with two attached hydrogens (primary N) is 1. The smallest absolute Gasteiger partial charge is 0.0551 e. The summed E-state index contributed by atoms with van der Waals surface area (Å²) in [5.74, 6) is 0. The van der Waals surface area contributed by atoms with Crippen molar-refractivity contribution in [1.82, 2.24) is 0 Å². The van der Waals surface area contributed by atoms with Crippen molar-refractivity contribution in [1.29, 1.82) is 0 Å². The first-order valence-electron chi connectivity index (χ1n) is 7.74. The van der Waals surface area contributed by atoms with Crippen LogP contribution in [0, 0.1) is 0 Å². The molecule has 1 unspecified atom stereocenters. The molecular weight excluding hydrogens is 242 g/mol. The maximum absolute atomic E-state index is 6.43. The summed E-state index contributed by atoms with van der Waals surface area (Å²) in [6.45, 7) is 2.21. The fraction of sp³-hybridized carbons (Fsp3) is 0.368. The first-order valence-corrected chi connectivity index (χ1v) is 7.74. The normalized spacial score (nSPS) is 15.1. The minimum atomic E-state index is -0.00317. The van der Waals surface area contributed by atoms with E-state index in [0.717, 1.165) is 6.42 Å². The number of aryl methyl sites for hydroxylation is 3. The Labute approximate surface area is 121 Å². The first kappa shape index (κ1) is 13.4. The Kier molecular flexibility index (Phi) is 3.88. The van der Waals surface area contributed by atoms with Crippen LogP contribution < -0.4 is 5.73 Å². The molecule has 0 fully saturated rings.